The Bertz CT molecular complexity index is 812. The van der Waals surface area contributed by atoms with E-state index in [-0.39, 0.29) is 11.6 Å². The maximum Gasteiger partial charge on any atom is 0.322 e. The molecule has 2 amide bonds. The fourth-order valence-corrected chi connectivity index (χ4v) is 3.98. The monoisotopic (exact) mass is 364 g/mol. The molecule has 2 aliphatic rings. The van der Waals surface area contributed by atoms with Crippen molar-refractivity contribution in [3.63, 3.8) is 0 Å². The molecule has 0 atom stereocenters. The third kappa shape index (κ3) is 3.72. The lowest BCUT2D eigenvalue weighted by atomic mass is 9.85. The van der Waals surface area contributed by atoms with Crippen LogP contribution in [-0.2, 0) is 17.6 Å². The van der Waals surface area contributed by atoms with Crippen molar-refractivity contribution in [2.45, 2.75) is 44.6 Å². The van der Waals surface area contributed by atoms with Crippen LogP contribution in [0.1, 0.15) is 42.9 Å². The number of anilines is 1. The standard InChI is InChI=1S/C23H28N2O2/c1-23(2)12-10-18-8-9-19(20-15-27-16-20)14-21(18)25(23)22(26)24-13-11-17-6-4-3-5-7-17/h3-9,14,20H,10-13,15-16H2,1-2H3,(H,24,26). The summed E-state index contributed by atoms with van der Waals surface area (Å²) in [6.07, 6.45) is 2.82. The van der Waals surface area contributed by atoms with Gasteiger partial charge in [-0.2, -0.15) is 0 Å². The molecule has 27 heavy (non-hydrogen) atoms. The molecule has 4 nitrogen and oxygen atoms in total. The number of carbonyl (C=O) groups is 1. The summed E-state index contributed by atoms with van der Waals surface area (Å²) in [5.74, 6) is 0.461. The number of benzene rings is 2. The molecule has 1 fully saturated rings. The van der Waals surface area contributed by atoms with Crippen molar-refractivity contribution in [2.75, 3.05) is 24.7 Å². The van der Waals surface area contributed by atoms with Gasteiger partial charge in [-0.05, 0) is 55.9 Å². The Labute approximate surface area is 161 Å². The molecule has 2 aromatic rings. The highest BCUT2D eigenvalue weighted by Crippen LogP contribution is 2.39. The molecule has 142 valence electrons. The number of carbonyl (C=O) groups excluding carboxylic acids is 1. The fourth-order valence-electron chi connectivity index (χ4n) is 3.98. The SMILES string of the molecule is CC1(C)CCc2ccc(C3COC3)cc2N1C(=O)NCCc1ccccc1. The summed E-state index contributed by atoms with van der Waals surface area (Å²) in [5.41, 5.74) is 4.64. The summed E-state index contributed by atoms with van der Waals surface area (Å²) >= 11 is 0. The van der Waals surface area contributed by atoms with Crippen molar-refractivity contribution in [3.8, 4) is 0 Å². The van der Waals surface area contributed by atoms with Crippen LogP contribution >= 0.6 is 0 Å². The lowest BCUT2D eigenvalue weighted by Gasteiger charge is -2.44. The summed E-state index contributed by atoms with van der Waals surface area (Å²) < 4.78 is 5.35. The quantitative estimate of drug-likeness (QED) is 0.880. The van der Waals surface area contributed by atoms with Gasteiger partial charge >= 0.3 is 6.03 Å². The van der Waals surface area contributed by atoms with Crippen LogP contribution in [0.25, 0.3) is 0 Å². The van der Waals surface area contributed by atoms with Crippen LogP contribution in [0, 0.1) is 0 Å². The maximum absolute atomic E-state index is 13.1. The first-order valence-corrected chi connectivity index (χ1v) is 9.87. The van der Waals surface area contributed by atoms with Crippen molar-refractivity contribution in [3.05, 3.63) is 65.2 Å². The smallest absolute Gasteiger partial charge is 0.322 e. The first-order valence-electron chi connectivity index (χ1n) is 9.87. The van der Waals surface area contributed by atoms with Crippen molar-refractivity contribution in [1.82, 2.24) is 5.32 Å². The molecule has 2 heterocycles. The molecule has 1 saturated heterocycles. The van der Waals surface area contributed by atoms with Crippen LogP contribution in [0.3, 0.4) is 0 Å². The highest BCUT2D eigenvalue weighted by Gasteiger charge is 2.37. The summed E-state index contributed by atoms with van der Waals surface area (Å²) in [6.45, 7) is 6.52. The summed E-state index contributed by atoms with van der Waals surface area (Å²) in [4.78, 5) is 15.1. The molecular formula is C23H28N2O2. The van der Waals surface area contributed by atoms with Gasteiger partial charge in [0, 0.05) is 23.7 Å². The number of amides is 2. The molecule has 1 N–H and O–H groups in total. The van der Waals surface area contributed by atoms with Gasteiger partial charge in [0.2, 0.25) is 0 Å². The van der Waals surface area contributed by atoms with E-state index in [1.807, 2.05) is 23.1 Å². The Balaban J connectivity index is 1.52. The average molecular weight is 364 g/mol. The molecule has 0 spiro atoms. The van der Waals surface area contributed by atoms with Crippen LogP contribution in [0.2, 0.25) is 0 Å². The number of nitrogens with zero attached hydrogens (tertiary/aromatic N) is 1. The van der Waals surface area contributed by atoms with Crippen molar-refractivity contribution >= 4 is 11.7 Å². The topological polar surface area (TPSA) is 41.6 Å². The predicted molar refractivity (Wildman–Crippen MR) is 108 cm³/mol. The third-order valence-electron chi connectivity index (χ3n) is 5.81. The van der Waals surface area contributed by atoms with E-state index >= 15 is 0 Å². The van der Waals surface area contributed by atoms with Gasteiger partial charge in [-0.1, -0.05) is 42.5 Å². The van der Waals surface area contributed by atoms with E-state index in [0.717, 1.165) is 38.2 Å². The van der Waals surface area contributed by atoms with Gasteiger partial charge in [-0.15, -0.1) is 0 Å². The van der Waals surface area contributed by atoms with Gasteiger partial charge in [-0.3, -0.25) is 4.90 Å². The second-order valence-corrected chi connectivity index (χ2v) is 8.24. The number of hydrogen-bond donors (Lipinski definition) is 1. The Morgan fingerprint density at radius 1 is 1.19 bits per heavy atom. The summed E-state index contributed by atoms with van der Waals surface area (Å²) in [5, 5.41) is 3.14. The Kier molecular flexibility index (Phi) is 4.92. The highest BCUT2D eigenvalue weighted by molar-refractivity contribution is 5.95. The zero-order valence-electron chi connectivity index (χ0n) is 16.2. The van der Waals surface area contributed by atoms with E-state index in [4.69, 9.17) is 4.74 Å². The minimum absolute atomic E-state index is 0.00103. The molecule has 0 aromatic heterocycles. The van der Waals surface area contributed by atoms with Gasteiger partial charge in [0.25, 0.3) is 0 Å². The number of aryl methyl sites for hydroxylation is 1. The van der Waals surface area contributed by atoms with E-state index in [1.165, 1.54) is 16.7 Å². The van der Waals surface area contributed by atoms with Crippen LogP contribution in [0.15, 0.2) is 48.5 Å². The number of nitrogens with one attached hydrogen (secondary N) is 1. The highest BCUT2D eigenvalue weighted by atomic mass is 16.5. The molecule has 0 bridgehead atoms. The molecule has 0 saturated carbocycles. The number of hydrogen-bond acceptors (Lipinski definition) is 2. The molecule has 2 aromatic carbocycles. The van der Waals surface area contributed by atoms with E-state index in [9.17, 15) is 4.79 Å². The fraction of sp³-hybridized carbons (Fsp3) is 0.435. The summed E-state index contributed by atoms with van der Waals surface area (Å²) in [7, 11) is 0. The number of fused-ring (bicyclic) bond motifs is 1. The van der Waals surface area contributed by atoms with Crippen molar-refractivity contribution in [2.24, 2.45) is 0 Å². The van der Waals surface area contributed by atoms with Crippen molar-refractivity contribution in [1.29, 1.82) is 0 Å². The van der Waals surface area contributed by atoms with Crippen LogP contribution < -0.4 is 10.2 Å². The van der Waals surface area contributed by atoms with Gasteiger partial charge in [0.1, 0.15) is 0 Å². The zero-order valence-corrected chi connectivity index (χ0v) is 16.2. The van der Waals surface area contributed by atoms with E-state index in [2.05, 4.69) is 49.5 Å². The predicted octanol–water partition coefficient (Wildman–Crippen LogP) is 4.28. The Morgan fingerprint density at radius 3 is 2.67 bits per heavy atom. The normalized spacial score (nSPS) is 18.5. The second kappa shape index (κ2) is 7.35. The maximum atomic E-state index is 13.1. The zero-order chi connectivity index (χ0) is 18.9. The molecule has 0 radical (unpaired) electrons. The molecular weight excluding hydrogens is 336 g/mol. The first-order chi connectivity index (χ1) is 13.0. The molecule has 0 unspecified atom stereocenters. The lowest BCUT2D eigenvalue weighted by Crippen LogP contribution is -2.55. The van der Waals surface area contributed by atoms with Crippen LogP contribution in [0.4, 0.5) is 10.5 Å². The van der Waals surface area contributed by atoms with E-state index in [0.29, 0.717) is 12.5 Å². The van der Waals surface area contributed by atoms with Crippen LogP contribution in [-0.4, -0.2) is 31.3 Å². The molecule has 4 rings (SSSR count). The minimum Gasteiger partial charge on any atom is -0.380 e. The van der Waals surface area contributed by atoms with Gasteiger partial charge in [-0.25, -0.2) is 4.79 Å². The Morgan fingerprint density at radius 2 is 1.96 bits per heavy atom. The van der Waals surface area contributed by atoms with Gasteiger partial charge < -0.3 is 10.1 Å². The van der Waals surface area contributed by atoms with Crippen LogP contribution in [0.5, 0.6) is 0 Å². The van der Waals surface area contributed by atoms with Gasteiger partial charge in [0.05, 0.1) is 13.2 Å². The largest absolute Gasteiger partial charge is 0.380 e. The molecule has 2 aliphatic heterocycles. The number of rotatable bonds is 4. The van der Waals surface area contributed by atoms with Gasteiger partial charge in [0.15, 0.2) is 0 Å². The number of ether oxygens (including phenoxy) is 1. The Hall–Kier alpha value is -2.33. The third-order valence-corrected chi connectivity index (χ3v) is 5.81. The number of urea groups is 1. The van der Waals surface area contributed by atoms with E-state index < -0.39 is 0 Å². The van der Waals surface area contributed by atoms with Crippen molar-refractivity contribution < 1.29 is 9.53 Å². The summed E-state index contributed by atoms with van der Waals surface area (Å²) in [6, 6.07) is 16.9. The first kappa shape index (κ1) is 18.1. The minimum atomic E-state index is -0.196. The lowest BCUT2D eigenvalue weighted by molar-refractivity contribution is 0.00842. The molecule has 4 heteroatoms. The van der Waals surface area contributed by atoms with E-state index in [1.54, 1.807) is 0 Å². The molecule has 0 aliphatic carbocycles. The average Bonchev–Trinajstić information content (AvgIpc) is 2.60. The second-order valence-electron chi connectivity index (χ2n) is 8.24.